The summed E-state index contributed by atoms with van der Waals surface area (Å²) in [6, 6.07) is 3.46. The van der Waals surface area contributed by atoms with E-state index in [1.807, 2.05) is 16.7 Å². The number of hydrogen-bond donors (Lipinski definition) is 0. The summed E-state index contributed by atoms with van der Waals surface area (Å²) < 4.78 is 0. The molecule has 5 heteroatoms. The van der Waals surface area contributed by atoms with Crippen molar-refractivity contribution < 1.29 is 4.79 Å². The first-order valence-electron chi connectivity index (χ1n) is 4.76. The number of rotatable bonds is 1. The van der Waals surface area contributed by atoms with Crippen molar-refractivity contribution in [1.82, 2.24) is 9.88 Å². The molecule has 0 saturated carbocycles. The van der Waals surface area contributed by atoms with Gasteiger partial charge in [-0.25, -0.2) is 4.98 Å². The summed E-state index contributed by atoms with van der Waals surface area (Å²) in [5.41, 5.74) is 0.506. The molecule has 1 aliphatic heterocycles. The molecule has 2 heterocycles. The van der Waals surface area contributed by atoms with Gasteiger partial charge in [0.1, 0.15) is 5.15 Å². The standard InChI is InChI=1S/C10H11ClN2OS/c11-9-8(2-1-3-12-9)10(14)13-4-6-15-7-5-13/h1-3H,4-7H2. The van der Waals surface area contributed by atoms with Crippen molar-refractivity contribution in [2.75, 3.05) is 24.6 Å². The minimum atomic E-state index is -0.00611. The van der Waals surface area contributed by atoms with Crippen molar-refractivity contribution in [3.63, 3.8) is 0 Å². The Morgan fingerprint density at radius 1 is 1.47 bits per heavy atom. The summed E-state index contributed by atoms with van der Waals surface area (Å²) in [6.45, 7) is 1.60. The van der Waals surface area contributed by atoms with Gasteiger partial charge in [0, 0.05) is 30.8 Å². The number of carbonyl (C=O) groups is 1. The van der Waals surface area contributed by atoms with Crippen LogP contribution < -0.4 is 0 Å². The SMILES string of the molecule is O=C(c1cccnc1Cl)N1CCSCC1. The molecule has 2 rings (SSSR count). The number of nitrogens with zero attached hydrogens (tertiary/aromatic N) is 2. The molecule has 80 valence electrons. The molecule has 0 atom stereocenters. The van der Waals surface area contributed by atoms with Crippen LogP contribution in [0.25, 0.3) is 0 Å². The summed E-state index contributed by atoms with van der Waals surface area (Å²) in [5.74, 6) is 2.00. The lowest BCUT2D eigenvalue weighted by Gasteiger charge is -2.26. The zero-order valence-electron chi connectivity index (χ0n) is 8.15. The minimum absolute atomic E-state index is 0.00611. The average Bonchev–Trinajstić information content (AvgIpc) is 2.30. The summed E-state index contributed by atoms with van der Waals surface area (Å²) in [6.07, 6.45) is 1.59. The number of halogens is 1. The molecule has 1 aromatic rings. The van der Waals surface area contributed by atoms with Gasteiger partial charge in [0.25, 0.3) is 5.91 Å². The van der Waals surface area contributed by atoms with Crippen LogP contribution in [0.1, 0.15) is 10.4 Å². The van der Waals surface area contributed by atoms with Crippen LogP contribution >= 0.6 is 23.4 Å². The maximum absolute atomic E-state index is 12.0. The van der Waals surface area contributed by atoms with Crippen molar-refractivity contribution >= 4 is 29.3 Å². The third-order valence-corrected chi connectivity index (χ3v) is 3.53. The summed E-state index contributed by atoms with van der Waals surface area (Å²) in [5, 5.41) is 0.292. The predicted octanol–water partition coefficient (Wildman–Crippen LogP) is 1.92. The molecular formula is C10H11ClN2OS. The Morgan fingerprint density at radius 2 is 2.20 bits per heavy atom. The van der Waals surface area contributed by atoms with Gasteiger partial charge < -0.3 is 4.90 Å². The molecule has 1 fully saturated rings. The van der Waals surface area contributed by atoms with Crippen LogP contribution in [-0.2, 0) is 0 Å². The molecule has 0 radical (unpaired) electrons. The number of carbonyl (C=O) groups excluding carboxylic acids is 1. The summed E-state index contributed by atoms with van der Waals surface area (Å²) in [4.78, 5) is 17.8. The third kappa shape index (κ3) is 2.44. The number of aromatic nitrogens is 1. The second kappa shape index (κ2) is 4.86. The van der Waals surface area contributed by atoms with E-state index >= 15 is 0 Å². The minimum Gasteiger partial charge on any atom is -0.337 e. The number of hydrogen-bond acceptors (Lipinski definition) is 3. The van der Waals surface area contributed by atoms with Crippen molar-refractivity contribution in [3.8, 4) is 0 Å². The number of pyridine rings is 1. The van der Waals surface area contributed by atoms with Crippen molar-refractivity contribution in [3.05, 3.63) is 29.0 Å². The Morgan fingerprint density at radius 3 is 2.87 bits per heavy atom. The highest BCUT2D eigenvalue weighted by molar-refractivity contribution is 7.99. The monoisotopic (exact) mass is 242 g/mol. The fourth-order valence-corrected chi connectivity index (χ4v) is 2.59. The predicted molar refractivity (Wildman–Crippen MR) is 62.5 cm³/mol. The molecule has 0 unspecified atom stereocenters. The van der Waals surface area contributed by atoms with Gasteiger partial charge in [0.05, 0.1) is 5.56 Å². The van der Waals surface area contributed by atoms with Crippen molar-refractivity contribution in [1.29, 1.82) is 0 Å². The van der Waals surface area contributed by atoms with Crippen LogP contribution in [0.4, 0.5) is 0 Å². The lowest BCUT2D eigenvalue weighted by Crippen LogP contribution is -2.38. The summed E-state index contributed by atoms with van der Waals surface area (Å²) >= 11 is 7.75. The largest absolute Gasteiger partial charge is 0.337 e. The highest BCUT2D eigenvalue weighted by Crippen LogP contribution is 2.17. The molecule has 1 amide bonds. The zero-order valence-corrected chi connectivity index (χ0v) is 9.72. The van der Waals surface area contributed by atoms with Gasteiger partial charge in [-0.3, -0.25) is 4.79 Å². The van der Waals surface area contributed by atoms with E-state index in [1.165, 1.54) is 0 Å². The Balaban J connectivity index is 2.16. The quantitative estimate of drug-likeness (QED) is 0.706. The molecule has 0 spiro atoms. The molecule has 3 nitrogen and oxygen atoms in total. The highest BCUT2D eigenvalue weighted by atomic mass is 35.5. The van der Waals surface area contributed by atoms with Crippen LogP contribution in [0, 0.1) is 0 Å². The topological polar surface area (TPSA) is 33.2 Å². The first-order valence-corrected chi connectivity index (χ1v) is 6.30. The maximum atomic E-state index is 12.0. The molecule has 0 aromatic carbocycles. The Kier molecular flexibility index (Phi) is 3.49. The molecule has 15 heavy (non-hydrogen) atoms. The van der Waals surface area contributed by atoms with Gasteiger partial charge in [-0.05, 0) is 12.1 Å². The number of amides is 1. The summed E-state index contributed by atoms with van der Waals surface area (Å²) in [7, 11) is 0. The Bertz CT molecular complexity index is 366. The Hall–Kier alpha value is -0.740. The van der Waals surface area contributed by atoms with Gasteiger partial charge in [0.2, 0.25) is 0 Å². The van der Waals surface area contributed by atoms with Gasteiger partial charge in [-0.15, -0.1) is 0 Å². The first kappa shape index (κ1) is 10.8. The second-order valence-electron chi connectivity index (χ2n) is 3.25. The fraction of sp³-hybridized carbons (Fsp3) is 0.400. The molecule has 0 bridgehead atoms. The van der Waals surface area contributed by atoms with Gasteiger partial charge in [-0.2, -0.15) is 11.8 Å². The van der Waals surface area contributed by atoms with Crippen LogP contribution in [0.3, 0.4) is 0 Å². The molecular weight excluding hydrogens is 232 g/mol. The van der Waals surface area contributed by atoms with Crippen LogP contribution in [0.2, 0.25) is 5.15 Å². The molecule has 1 aliphatic rings. The third-order valence-electron chi connectivity index (χ3n) is 2.29. The maximum Gasteiger partial charge on any atom is 0.257 e. The van der Waals surface area contributed by atoms with E-state index in [0.717, 1.165) is 24.6 Å². The first-order chi connectivity index (χ1) is 7.29. The Labute approximate surface area is 97.8 Å². The fourth-order valence-electron chi connectivity index (χ4n) is 1.48. The molecule has 1 saturated heterocycles. The normalized spacial score (nSPS) is 16.5. The van der Waals surface area contributed by atoms with Crippen LogP contribution in [-0.4, -0.2) is 40.4 Å². The van der Waals surface area contributed by atoms with E-state index in [9.17, 15) is 4.79 Å². The van der Waals surface area contributed by atoms with E-state index in [2.05, 4.69) is 4.98 Å². The number of thioether (sulfide) groups is 1. The van der Waals surface area contributed by atoms with E-state index in [4.69, 9.17) is 11.6 Å². The van der Waals surface area contributed by atoms with E-state index in [0.29, 0.717) is 10.7 Å². The second-order valence-corrected chi connectivity index (χ2v) is 4.83. The average molecular weight is 243 g/mol. The lowest BCUT2D eigenvalue weighted by atomic mass is 10.2. The van der Waals surface area contributed by atoms with E-state index < -0.39 is 0 Å². The van der Waals surface area contributed by atoms with Crippen LogP contribution in [0.15, 0.2) is 18.3 Å². The van der Waals surface area contributed by atoms with E-state index in [1.54, 1.807) is 18.3 Å². The molecule has 0 aliphatic carbocycles. The highest BCUT2D eigenvalue weighted by Gasteiger charge is 2.20. The van der Waals surface area contributed by atoms with Crippen molar-refractivity contribution in [2.45, 2.75) is 0 Å². The van der Waals surface area contributed by atoms with E-state index in [-0.39, 0.29) is 5.91 Å². The van der Waals surface area contributed by atoms with Crippen molar-refractivity contribution in [2.24, 2.45) is 0 Å². The smallest absolute Gasteiger partial charge is 0.257 e. The van der Waals surface area contributed by atoms with Gasteiger partial charge in [0.15, 0.2) is 0 Å². The van der Waals surface area contributed by atoms with Crippen LogP contribution in [0.5, 0.6) is 0 Å². The zero-order chi connectivity index (χ0) is 10.7. The molecule has 0 N–H and O–H groups in total. The molecule has 1 aromatic heterocycles. The lowest BCUT2D eigenvalue weighted by molar-refractivity contribution is 0.0772. The van der Waals surface area contributed by atoms with Gasteiger partial charge >= 0.3 is 0 Å². The van der Waals surface area contributed by atoms with Gasteiger partial charge in [-0.1, -0.05) is 11.6 Å².